The molecule has 0 aliphatic carbocycles. The van der Waals surface area contributed by atoms with Gasteiger partial charge >= 0.3 is 0 Å². The van der Waals surface area contributed by atoms with Crippen LogP contribution in [0.5, 0.6) is 0 Å². The Hall–Kier alpha value is -2.10. The molecule has 4 heteroatoms. The second-order valence-electron chi connectivity index (χ2n) is 5.25. The Morgan fingerprint density at radius 2 is 1.26 bits per heavy atom. The van der Waals surface area contributed by atoms with Crippen molar-refractivity contribution in [2.24, 2.45) is 0 Å². The first-order valence-electron chi connectivity index (χ1n) is 6.55. The van der Waals surface area contributed by atoms with E-state index in [0.29, 0.717) is 0 Å². The molecular weight excluding hydrogens is 236 g/mol. The normalized spacial score (nSPS) is 18.1. The van der Waals surface area contributed by atoms with Crippen LogP contribution in [0.4, 0.5) is 11.4 Å². The van der Waals surface area contributed by atoms with Crippen molar-refractivity contribution in [3.05, 3.63) is 48.6 Å². The Kier molecular flexibility index (Phi) is 2.85. The highest BCUT2D eigenvalue weighted by Gasteiger charge is 2.18. The first-order valence-corrected chi connectivity index (χ1v) is 6.55. The predicted molar refractivity (Wildman–Crippen MR) is 79.7 cm³/mol. The van der Waals surface area contributed by atoms with Crippen LogP contribution in [0, 0.1) is 6.92 Å². The molecule has 2 aliphatic heterocycles. The van der Waals surface area contributed by atoms with Crippen molar-refractivity contribution in [3.63, 3.8) is 0 Å². The fraction of sp³-hybridized carbons (Fsp3) is 0.333. The van der Waals surface area contributed by atoms with Gasteiger partial charge in [0.1, 0.15) is 0 Å². The van der Waals surface area contributed by atoms with Gasteiger partial charge in [0.15, 0.2) is 0 Å². The zero-order chi connectivity index (χ0) is 13.4. The minimum atomic E-state index is 0.917. The number of hydrogen-bond donors (Lipinski definition) is 0. The van der Waals surface area contributed by atoms with Gasteiger partial charge in [0.2, 0.25) is 0 Å². The number of rotatable bonds is 2. The summed E-state index contributed by atoms with van der Waals surface area (Å²) >= 11 is 0. The van der Waals surface area contributed by atoms with Crippen LogP contribution in [0.3, 0.4) is 0 Å². The lowest BCUT2D eigenvalue weighted by atomic mass is 10.1. The van der Waals surface area contributed by atoms with Crippen molar-refractivity contribution >= 4 is 11.4 Å². The molecular formula is C15H20N4. The first-order chi connectivity index (χ1) is 9.15. The van der Waals surface area contributed by atoms with Crippen LogP contribution >= 0.6 is 0 Å². The molecule has 0 saturated heterocycles. The highest BCUT2D eigenvalue weighted by Crippen LogP contribution is 2.32. The van der Waals surface area contributed by atoms with Crippen LogP contribution in [0.25, 0.3) is 0 Å². The zero-order valence-corrected chi connectivity index (χ0v) is 11.7. The first kappa shape index (κ1) is 12.0. The number of hydrogen-bond acceptors (Lipinski definition) is 4. The molecule has 0 unspecified atom stereocenters. The Morgan fingerprint density at radius 1 is 0.789 bits per heavy atom. The van der Waals surface area contributed by atoms with E-state index in [2.05, 4.69) is 83.6 Å². The third-order valence-electron chi connectivity index (χ3n) is 3.65. The minimum Gasteiger partial charge on any atom is -0.361 e. The summed E-state index contributed by atoms with van der Waals surface area (Å²) in [5.41, 5.74) is 3.88. The summed E-state index contributed by atoms with van der Waals surface area (Å²) in [6.07, 6.45) is 8.49. The number of nitrogens with zero attached hydrogens (tertiary/aromatic N) is 4. The predicted octanol–water partition coefficient (Wildman–Crippen LogP) is 2.36. The third-order valence-corrected chi connectivity index (χ3v) is 3.65. The smallest absolute Gasteiger partial charge is 0.0939 e. The average Bonchev–Trinajstić information content (AvgIpc) is 2.99. The van der Waals surface area contributed by atoms with Crippen LogP contribution < -0.4 is 9.80 Å². The molecule has 1 aromatic rings. The molecule has 100 valence electrons. The average molecular weight is 256 g/mol. The van der Waals surface area contributed by atoms with Gasteiger partial charge in [0.05, 0.1) is 13.3 Å². The Bertz CT molecular complexity index is 491. The Balaban J connectivity index is 1.91. The molecule has 0 spiro atoms. The summed E-state index contributed by atoms with van der Waals surface area (Å²) in [5, 5.41) is 0. The lowest BCUT2D eigenvalue weighted by Crippen LogP contribution is -2.25. The molecule has 0 saturated carbocycles. The van der Waals surface area contributed by atoms with Gasteiger partial charge in [-0.2, -0.15) is 0 Å². The molecule has 0 N–H and O–H groups in total. The van der Waals surface area contributed by atoms with Crippen molar-refractivity contribution in [1.82, 2.24) is 9.80 Å². The quantitative estimate of drug-likeness (QED) is 0.805. The maximum Gasteiger partial charge on any atom is 0.0939 e. The second kappa shape index (κ2) is 4.53. The van der Waals surface area contributed by atoms with E-state index in [9.17, 15) is 0 Å². The van der Waals surface area contributed by atoms with Crippen LogP contribution in [0.2, 0.25) is 0 Å². The molecule has 0 radical (unpaired) electrons. The lowest BCUT2D eigenvalue weighted by molar-refractivity contribution is 0.494. The van der Waals surface area contributed by atoms with Crippen molar-refractivity contribution in [3.8, 4) is 0 Å². The summed E-state index contributed by atoms with van der Waals surface area (Å²) in [5.74, 6) is 0. The van der Waals surface area contributed by atoms with Crippen molar-refractivity contribution in [1.29, 1.82) is 0 Å². The van der Waals surface area contributed by atoms with Gasteiger partial charge in [-0.15, -0.1) is 0 Å². The lowest BCUT2D eigenvalue weighted by Gasteiger charge is -2.25. The minimum absolute atomic E-state index is 0.917. The van der Waals surface area contributed by atoms with Gasteiger partial charge in [-0.1, -0.05) is 6.07 Å². The highest BCUT2D eigenvalue weighted by molar-refractivity contribution is 5.69. The molecule has 4 nitrogen and oxygen atoms in total. The molecule has 0 aromatic heterocycles. The number of anilines is 2. The van der Waals surface area contributed by atoms with Crippen molar-refractivity contribution < 1.29 is 0 Å². The zero-order valence-electron chi connectivity index (χ0n) is 11.7. The number of benzene rings is 1. The van der Waals surface area contributed by atoms with E-state index in [1.54, 1.807) is 0 Å². The van der Waals surface area contributed by atoms with Gasteiger partial charge in [-0.3, -0.25) is 0 Å². The van der Waals surface area contributed by atoms with E-state index in [1.165, 1.54) is 16.9 Å². The standard InChI is InChI=1S/C15H20N4/c1-13-14(18-9-7-16(2)11-18)5-4-6-15(13)19-10-8-17(3)12-19/h4-10H,11-12H2,1-3H3. The van der Waals surface area contributed by atoms with Crippen molar-refractivity contribution in [2.45, 2.75) is 6.92 Å². The topological polar surface area (TPSA) is 13.0 Å². The maximum atomic E-state index is 2.28. The summed E-state index contributed by atoms with van der Waals surface area (Å²) in [6.45, 7) is 4.03. The van der Waals surface area contributed by atoms with E-state index in [1.807, 2.05) is 0 Å². The summed E-state index contributed by atoms with van der Waals surface area (Å²) in [4.78, 5) is 8.91. The highest BCUT2D eigenvalue weighted by atomic mass is 15.3. The molecule has 0 fully saturated rings. The molecule has 2 heterocycles. The second-order valence-corrected chi connectivity index (χ2v) is 5.25. The van der Waals surface area contributed by atoms with E-state index >= 15 is 0 Å². The van der Waals surface area contributed by atoms with Crippen LogP contribution in [0.1, 0.15) is 5.56 Å². The van der Waals surface area contributed by atoms with Crippen molar-refractivity contribution in [2.75, 3.05) is 37.2 Å². The Labute approximate surface area is 114 Å². The maximum absolute atomic E-state index is 2.28. The Morgan fingerprint density at radius 3 is 1.63 bits per heavy atom. The van der Waals surface area contributed by atoms with E-state index < -0.39 is 0 Å². The summed E-state index contributed by atoms with van der Waals surface area (Å²) < 4.78 is 0. The molecule has 0 bridgehead atoms. The van der Waals surface area contributed by atoms with Crippen LogP contribution in [-0.2, 0) is 0 Å². The van der Waals surface area contributed by atoms with E-state index in [0.717, 1.165) is 13.3 Å². The fourth-order valence-electron chi connectivity index (χ4n) is 2.60. The van der Waals surface area contributed by atoms with Gasteiger partial charge in [-0.25, -0.2) is 0 Å². The van der Waals surface area contributed by atoms with Gasteiger partial charge in [0.25, 0.3) is 0 Å². The largest absolute Gasteiger partial charge is 0.361 e. The third kappa shape index (κ3) is 2.14. The fourth-order valence-corrected chi connectivity index (χ4v) is 2.60. The van der Waals surface area contributed by atoms with Gasteiger partial charge in [-0.05, 0) is 24.6 Å². The van der Waals surface area contributed by atoms with E-state index in [4.69, 9.17) is 0 Å². The molecule has 0 atom stereocenters. The molecule has 3 rings (SSSR count). The van der Waals surface area contributed by atoms with Gasteiger partial charge in [0, 0.05) is 50.3 Å². The molecule has 1 aromatic carbocycles. The molecule has 0 amide bonds. The molecule has 2 aliphatic rings. The van der Waals surface area contributed by atoms with Gasteiger partial charge < -0.3 is 19.6 Å². The van der Waals surface area contributed by atoms with Crippen LogP contribution in [0.15, 0.2) is 43.0 Å². The molecule has 19 heavy (non-hydrogen) atoms. The summed E-state index contributed by atoms with van der Waals surface area (Å²) in [6, 6.07) is 6.51. The summed E-state index contributed by atoms with van der Waals surface area (Å²) in [7, 11) is 4.18. The van der Waals surface area contributed by atoms with E-state index in [-0.39, 0.29) is 0 Å². The van der Waals surface area contributed by atoms with Crippen LogP contribution in [-0.4, -0.2) is 37.2 Å². The monoisotopic (exact) mass is 256 g/mol. The SMILES string of the molecule is Cc1c(N2C=CN(C)C2)cccc1N1C=CN(C)C1.